The monoisotopic (exact) mass is 763 g/mol. The number of hydrogen-bond donors (Lipinski definition) is 4. The molecule has 54 heavy (non-hydrogen) atoms. The maximum absolute atomic E-state index is 14.5. The van der Waals surface area contributed by atoms with Crippen molar-refractivity contribution in [3.63, 3.8) is 0 Å². The molecule has 2 fully saturated rings. The van der Waals surface area contributed by atoms with Crippen LogP contribution in [0.5, 0.6) is 0 Å². The molecule has 14 heteroatoms. The fraction of sp³-hybridized carbons (Fsp3) is 0.625. The van der Waals surface area contributed by atoms with Crippen LogP contribution < -0.4 is 21.3 Å². The van der Waals surface area contributed by atoms with Crippen LogP contribution in [0.15, 0.2) is 35.7 Å². The summed E-state index contributed by atoms with van der Waals surface area (Å²) in [6, 6.07) is 4.35. The Labute approximate surface area is 322 Å². The van der Waals surface area contributed by atoms with Gasteiger partial charge in [-0.1, -0.05) is 84.7 Å². The predicted molar refractivity (Wildman–Crippen MR) is 206 cm³/mol. The van der Waals surface area contributed by atoms with E-state index >= 15 is 0 Å². The third-order valence-electron chi connectivity index (χ3n) is 11.2. The second-order valence-electron chi connectivity index (χ2n) is 15.6. The van der Waals surface area contributed by atoms with Crippen molar-refractivity contribution < 1.29 is 28.8 Å². The number of rotatable bonds is 8. The first-order chi connectivity index (χ1) is 25.8. The van der Waals surface area contributed by atoms with Crippen LogP contribution in [0.4, 0.5) is 0 Å². The maximum atomic E-state index is 14.5. The number of aromatic nitrogens is 1. The molecule has 2 saturated heterocycles. The Kier molecular flexibility index (Phi) is 13.9. The third kappa shape index (κ3) is 9.48. The van der Waals surface area contributed by atoms with Gasteiger partial charge in [-0.15, -0.1) is 11.3 Å². The maximum Gasteiger partial charge on any atom is 0.271 e. The normalized spacial score (nSPS) is 27.3. The molecule has 2 aromatic rings. The molecule has 2 bridgehead atoms. The topological polar surface area (TPSA) is 170 Å². The van der Waals surface area contributed by atoms with E-state index in [2.05, 4.69) is 26.3 Å². The second kappa shape index (κ2) is 18.3. The molecule has 0 saturated carbocycles. The molecule has 6 amide bonds. The number of thiazole rings is 1. The Hall–Kier alpha value is -4.33. The van der Waals surface area contributed by atoms with Gasteiger partial charge in [0, 0.05) is 24.9 Å². The Morgan fingerprint density at radius 2 is 1.30 bits per heavy atom. The van der Waals surface area contributed by atoms with E-state index in [-0.39, 0.29) is 41.7 Å². The molecule has 3 aliphatic rings. The fourth-order valence-electron chi connectivity index (χ4n) is 7.64. The summed E-state index contributed by atoms with van der Waals surface area (Å²) in [6.07, 6.45) is 3.90. The fourth-order valence-corrected chi connectivity index (χ4v) is 8.62. The molecule has 4 heterocycles. The highest BCUT2D eigenvalue weighted by Crippen LogP contribution is 2.30. The van der Waals surface area contributed by atoms with Crippen molar-refractivity contribution in [1.29, 1.82) is 0 Å². The summed E-state index contributed by atoms with van der Waals surface area (Å²) < 4.78 is 0. The number of nitrogens with one attached hydrogen (secondary N) is 4. The van der Waals surface area contributed by atoms with Crippen molar-refractivity contribution in [3.05, 3.63) is 52.0 Å². The van der Waals surface area contributed by atoms with Gasteiger partial charge in [0.1, 0.15) is 40.9 Å². The molecule has 0 radical (unpaired) electrons. The lowest BCUT2D eigenvalue weighted by molar-refractivity contribution is -0.145. The van der Waals surface area contributed by atoms with Gasteiger partial charge in [-0.2, -0.15) is 0 Å². The van der Waals surface area contributed by atoms with Crippen LogP contribution in [0, 0.1) is 17.8 Å². The number of fused-ring (bicyclic) bond motifs is 4. The molecule has 13 nitrogen and oxygen atoms in total. The summed E-state index contributed by atoms with van der Waals surface area (Å²) in [4.78, 5) is 92.5. The first-order valence-corrected chi connectivity index (χ1v) is 20.5. The van der Waals surface area contributed by atoms with E-state index in [0.29, 0.717) is 56.6 Å². The SMILES string of the molecule is CC[C@H](C)[C@@H]1NC(=O)[C@@H]2CCCN2C(=O)[C@H](Cc2ccccc2)NC(=O)[C@H](CC(C)C)NC(=O)c2csc(n2)[C@H]([C@@H](C)CC)NC(=O)[C@@H]2CCCN2C1=O. The van der Waals surface area contributed by atoms with Crippen LogP contribution in [-0.2, 0) is 30.4 Å². The van der Waals surface area contributed by atoms with E-state index in [1.165, 1.54) is 16.2 Å². The van der Waals surface area contributed by atoms with Crippen LogP contribution in [-0.4, -0.2) is 93.5 Å². The number of carbonyl (C=O) groups excluding carboxylic acids is 6. The minimum absolute atomic E-state index is 0.0257. The van der Waals surface area contributed by atoms with E-state index in [1.54, 1.807) is 10.3 Å². The van der Waals surface area contributed by atoms with Gasteiger partial charge in [0.05, 0.1) is 6.04 Å². The minimum Gasteiger partial charge on any atom is -0.345 e. The third-order valence-corrected chi connectivity index (χ3v) is 12.1. The van der Waals surface area contributed by atoms with E-state index in [1.807, 2.05) is 71.9 Å². The van der Waals surface area contributed by atoms with Crippen LogP contribution in [0.1, 0.15) is 114 Å². The van der Waals surface area contributed by atoms with Crippen molar-refractivity contribution in [2.45, 2.75) is 129 Å². The van der Waals surface area contributed by atoms with E-state index < -0.39 is 59.9 Å². The Bertz CT molecular complexity index is 1670. The quantitative estimate of drug-likeness (QED) is 0.318. The standard InChI is InChI=1S/C40H57N7O6S/c1-7-24(5)32-38-43-29(22-54-38)35(49)41-27(20-23(3)4)34(48)42-28(21-26-14-10-9-11-15-26)39(52)46-18-12-16-30(46)37(51)45-33(25(6)8-2)40(53)47-19-13-17-31(47)36(50)44-32/h9-11,14-15,22-25,27-28,30-33H,7-8,12-13,16-21H2,1-6H3,(H,41,49)(H,42,48)(H,44,50)(H,45,51)/t24-,25-,27-,28-,30-,31-,32-,33-/m0/s1. The van der Waals surface area contributed by atoms with Crippen LogP contribution >= 0.6 is 11.3 Å². The lowest BCUT2D eigenvalue weighted by Gasteiger charge is -2.34. The molecule has 0 unspecified atom stereocenters. The van der Waals surface area contributed by atoms with Crippen molar-refractivity contribution >= 4 is 46.8 Å². The molecule has 1 aromatic heterocycles. The average molecular weight is 764 g/mol. The van der Waals surface area contributed by atoms with Gasteiger partial charge < -0.3 is 31.1 Å². The first-order valence-electron chi connectivity index (χ1n) is 19.6. The molecular formula is C40H57N7O6S. The summed E-state index contributed by atoms with van der Waals surface area (Å²) >= 11 is 1.26. The molecule has 0 aliphatic carbocycles. The van der Waals surface area contributed by atoms with Gasteiger partial charge in [-0.3, -0.25) is 28.8 Å². The van der Waals surface area contributed by atoms with Crippen molar-refractivity contribution in [3.8, 4) is 0 Å². The summed E-state index contributed by atoms with van der Waals surface area (Å²) in [7, 11) is 0. The number of amides is 6. The zero-order valence-corrected chi connectivity index (χ0v) is 33.2. The van der Waals surface area contributed by atoms with Crippen molar-refractivity contribution in [1.82, 2.24) is 36.1 Å². The zero-order valence-electron chi connectivity index (χ0n) is 32.4. The van der Waals surface area contributed by atoms with Crippen molar-refractivity contribution in [2.24, 2.45) is 17.8 Å². The van der Waals surface area contributed by atoms with Gasteiger partial charge >= 0.3 is 0 Å². The highest BCUT2D eigenvalue weighted by molar-refractivity contribution is 7.09. The highest BCUT2D eigenvalue weighted by Gasteiger charge is 2.43. The summed E-state index contributed by atoms with van der Waals surface area (Å²) in [5.41, 5.74) is 0.948. The number of nitrogens with zero attached hydrogens (tertiary/aromatic N) is 3. The van der Waals surface area contributed by atoms with Crippen molar-refractivity contribution in [2.75, 3.05) is 13.1 Å². The smallest absolute Gasteiger partial charge is 0.271 e. The summed E-state index contributed by atoms with van der Waals surface area (Å²) in [5, 5.41) is 14.2. The Morgan fingerprint density at radius 3 is 1.89 bits per heavy atom. The second-order valence-corrected chi connectivity index (χ2v) is 16.5. The molecule has 0 spiro atoms. The van der Waals surface area contributed by atoms with Gasteiger partial charge in [-0.25, -0.2) is 4.98 Å². The average Bonchev–Trinajstić information content (AvgIpc) is 3.96. The molecule has 4 N–H and O–H groups in total. The zero-order chi connectivity index (χ0) is 39.1. The summed E-state index contributed by atoms with van der Waals surface area (Å²) in [6.45, 7) is 12.4. The lowest BCUT2D eigenvalue weighted by atomic mass is 9.96. The largest absolute Gasteiger partial charge is 0.345 e. The van der Waals surface area contributed by atoms with Gasteiger partial charge in [0.15, 0.2) is 0 Å². The van der Waals surface area contributed by atoms with E-state index in [4.69, 9.17) is 0 Å². The molecular weight excluding hydrogens is 707 g/mol. The Morgan fingerprint density at radius 1 is 0.722 bits per heavy atom. The lowest BCUT2D eigenvalue weighted by Crippen LogP contribution is -2.60. The molecule has 1 aromatic carbocycles. The molecule has 5 rings (SSSR count). The van der Waals surface area contributed by atoms with Gasteiger partial charge in [0.25, 0.3) is 5.91 Å². The number of carbonyl (C=O) groups is 6. The first kappa shape index (κ1) is 40.8. The van der Waals surface area contributed by atoms with E-state index in [0.717, 1.165) is 12.0 Å². The highest BCUT2D eigenvalue weighted by atomic mass is 32.1. The summed E-state index contributed by atoms with van der Waals surface area (Å²) in [5.74, 6) is -2.78. The molecule has 294 valence electrons. The number of hydrogen-bond acceptors (Lipinski definition) is 8. The molecule has 3 aliphatic heterocycles. The Balaban J connectivity index is 1.56. The van der Waals surface area contributed by atoms with Crippen LogP contribution in [0.3, 0.4) is 0 Å². The van der Waals surface area contributed by atoms with E-state index in [9.17, 15) is 28.8 Å². The predicted octanol–water partition coefficient (Wildman–Crippen LogP) is 3.75. The van der Waals surface area contributed by atoms with Crippen LogP contribution in [0.25, 0.3) is 0 Å². The number of benzene rings is 1. The molecule has 8 atom stereocenters. The van der Waals surface area contributed by atoms with Crippen LogP contribution in [0.2, 0.25) is 0 Å². The van der Waals surface area contributed by atoms with Gasteiger partial charge in [0.2, 0.25) is 29.5 Å². The van der Waals surface area contributed by atoms with Gasteiger partial charge in [-0.05, 0) is 55.4 Å². The minimum atomic E-state index is -1.02.